The number of aromatic carboxylic acids is 1. The minimum Gasteiger partial charge on any atom is -0.545 e. The van der Waals surface area contributed by atoms with Gasteiger partial charge in [-0.3, -0.25) is 4.79 Å². The van der Waals surface area contributed by atoms with Gasteiger partial charge in [-0.25, -0.2) is 4.98 Å². The second kappa shape index (κ2) is 8.76. The van der Waals surface area contributed by atoms with Crippen molar-refractivity contribution in [3.63, 3.8) is 0 Å². The van der Waals surface area contributed by atoms with Crippen LogP contribution in [0.5, 0.6) is 5.75 Å². The van der Waals surface area contributed by atoms with Crippen LogP contribution in [-0.4, -0.2) is 36.6 Å². The number of rotatable bonds is 6. The van der Waals surface area contributed by atoms with Crippen LogP contribution in [0.4, 0.5) is 5.82 Å². The van der Waals surface area contributed by atoms with Gasteiger partial charge in [-0.05, 0) is 12.1 Å². The number of hydrogen-bond acceptors (Lipinski definition) is 9. The number of nitrogen functional groups attached to an aromatic ring is 1. The number of nitrogens with zero attached hydrogens (tertiary/aromatic N) is 4. The quantitative estimate of drug-likeness (QED) is 0.326. The Balaban J connectivity index is 0.00000261. The van der Waals surface area contributed by atoms with Gasteiger partial charge in [0.1, 0.15) is 17.3 Å². The molecule has 0 aliphatic heterocycles. The topological polar surface area (TPSA) is 160 Å². The molecule has 3 heterocycles. The third-order valence-corrected chi connectivity index (χ3v) is 3.74. The van der Waals surface area contributed by atoms with Crippen LogP contribution in [0.15, 0.2) is 29.0 Å². The van der Waals surface area contributed by atoms with E-state index in [1.165, 1.54) is 36.1 Å². The first-order valence-corrected chi connectivity index (χ1v) is 7.54. The number of carbonyl (C=O) groups excluding carboxylic acids is 2. The van der Waals surface area contributed by atoms with Gasteiger partial charge in [0.05, 0.1) is 12.2 Å². The second-order valence-electron chi connectivity index (χ2n) is 5.54. The summed E-state index contributed by atoms with van der Waals surface area (Å²) in [6.45, 7) is 0. The van der Waals surface area contributed by atoms with E-state index >= 15 is 0 Å². The Morgan fingerprint density at radius 2 is 2.11 bits per heavy atom. The Labute approximate surface area is 195 Å². The molecule has 3 rings (SSSR count). The van der Waals surface area contributed by atoms with E-state index in [0.29, 0.717) is 5.69 Å². The van der Waals surface area contributed by atoms with E-state index in [0.717, 1.165) is 0 Å². The van der Waals surface area contributed by atoms with Crippen molar-refractivity contribution in [1.29, 1.82) is 0 Å². The largest absolute Gasteiger partial charge is 1.00 e. The predicted molar refractivity (Wildman–Crippen MR) is 86.0 cm³/mol. The SMILES string of the molecule is Cn1cc(C(=O)CCc2nc(-c3ccc(O)cn3)no2)c(C(=O)[O-])c1N.[K+]. The number of anilines is 1. The van der Waals surface area contributed by atoms with Gasteiger partial charge in [-0.15, -0.1) is 0 Å². The van der Waals surface area contributed by atoms with Crippen molar-refractivity contribution in [2.45, 2.75) is 12.8 Å². The second-order valence-corrected chi connectivity index (χ2v) is 5.54. The standard InChI is InChI=1S/C16H15N5O5.K/c1-21-7-9(13(14(21)17)16(24)25)11(23)4-5-12-19-15(20-26-12)10-3-2-8(22)6-18-10;/h2-3,6-7,22H,4-5,17H2,1H3,(H,24,25);/q;+1/p-1. The number of carbonyl (C=O) groups is 2. The van der Waals surface area contributed by atoms with E-state index < -0.39 is 11.8 Å². The van der Waals surface area contributed by atoms with Crippen molar-refractivity contribution >= 4 is 17.6 Å². The molecule has 0 spiro atoms. The number of aromatic nitrogens is 4. The molecule has 3 aromatic heterocycles. The molecule has 0 fully saturated rings. The van der Waals surface area contributed by atoms with Crippen LogP contribution >= 0.6 is 0 Å². The van der Waals surface area contributed by atoms with Crippen molar-refractivity contribution < 1.29 is 75.7 Å². The number of Topliss-reactive ketones (excluding diaryl/α,β-unsaturated/α-hetero) is 1. The molecule has 27 heavy (non-hydrogen) atoms. The molecular weight excluding hydrogens is 381 g/mol. The van der Waals surface area contributed by atoms with Crippen molar-refractivity contribution in [3.8, 4) is 17.3 Å². The number of aromatic hydroxyl groups is 1. The molecule has 11 heteroatoms. The van der Waals surface area contributed by atoms with Crippen LogP contribution < -0.4 is 62.2 Å². The monoisotopic (exact) mass is 395 g/mol. The Morgan fingerprint density at radius 1 is 1.37 bits per heavy atom. The van der Waals surface area contributed by atoms with Crippen LogP contribution in [0.25, 0.3) is 11.5 Å². The average Bonchev–Trinajstić information content (AvgIpc) is 3.19. The van der Waals surface area contributed by atoms with Gasteiger partial charge >= 0.3 is 51.4 Å². The van der Waals surface area contributed by atoms with Gasteiger partial charge in [0.15, 0.2) is 5.78 Å². The number of hydrogen-bond donors (Lipinski definition) is 2. The predicted octanol–water partition coefficient (Wildman–Crippen LogP) is -3.06. The van der Waals surface area contributed by atoms with Gasteiger partial charge in [-0.1, -0.05) is 5.16 Å². The number of nitrogens with two attached hydrogens (primary N) is 1. The molecule has 0 unspecified atom stereocenters. The minimum absolute atomic E-state index is 0. The molecular formula is C16H14KN5O5. The fourth-order valence-electron chi connectivity index (χ4n) is 2.40. The first kappa shape index (κ1) is 21.2. The summed E-state index contributed by atoms with van der Waals surface area (Å²) in [4.78, 5) is 31.6. The van der Waals surface area contributed by atoms with Crippen molar-refractivity contribution in [2.24, 2.45) is 7.05 Å². The van der Waals surface area contributed by atoms with E-state index in [-0.39, 0.29) is 98.6 Å². The zero-order chi connectivity index (χ0) is 18.8. The summed E-state index contributed by atoms with van der Waals surface area (Å²) in [6, 6.07) is 2.96. The van der Waals surface area contributed by atoms with Gasteiger partial charge in [-0.2, -0.15) is 4.98 Å². The maximum atomic E-state index is 12.3. The van der Waals surface area contributed by atoms with E-state index in [1.54, 1.807) is 0 Å². The number of aryl methyl sites for hydroxylation is 2. The van der Waals surface area contributed by atoms with Crippen LogP contribution in [0.2, 0.25) is 0 Å². The Hall–Kier alpha value is -2.05. The van der Waals surface area contributed by atoms with E-state index in [4.69, 9.17) is 10.3 Å². The molecule has 0 amide bonds. The van der Waals surface area contributed by atoms with Crippen molar-refractivity contribution in [1.82, 2.24) is 19.7 Å². The summed E-state index contributed by atoms with van der Waals surface area (Å²) in [5, 5.41) is 24.2. The van der Waals surface area contributed by atoms with Crippen molar-refractivity contribution in [3.05, 3.63) is 41.5 Å². The summed E-state index contributed by atoms with van der Waals surface area (Å²) in [7, 11) is 1.54. The third-order valence-electron chi connectivity index (χ3n) is 3.74. The Kier molecular flexibility index (Phi) is 6.89. The van der Waals surface area contributed by atoms with Crippen LogP contribution in [-0.2, 0) is 13.5 Å². The molecule has 3 aromatic rings. The fourth-order valence-corrected chi connectivity index (χ4v) is 2.40. The van der Waals surface area contributed by atoms with Gasteiger partial charge in [0.25, 0.3) is 0 Å². The summed E-state index contributed by atoms with van der Waals surface area (Å²) in [5.41, 5.74) is 5.71. The first-order valence-electron chi connectivity index (χ1n) is 7.54. The smallest absolute Gasteiger partial charge is 0.545 e. The maximum absolute atomic E-state index is 12.3. The van der Waals surface area contributed by atoms with Crippen LogP contribution in [0, 0.1) is 0 Å². The molecule has 0 aliphatic rings. The van der Waals surface area contributed by atoms with Crippen LogP contribution in [0.3, 0.4) is 0 Å². The molecule has 0 saturated carbocycles. The van der Waals surface area contributed by atoms with Gasteiger partial charge < -0.3 is 29.8 Å². The fraction of sp³-hybridized carbons (Fsp3) is 0.188. The molecule has 0 aromatic carbocycles. The molecule has 0 bridgehead atoms. The Bertz CT molecular complexity index is 980. The summed E-state index contributed by atoms with van der Waals surface area (Å²) < 4.78 is 6.41. The maximum Gasteiger partial charge on any atom is 1.00 e. The number of carboxylic acids is 1. The van der Waals surface area contributed by atoms with E-state index in [1.807, 2.05) is 0 Å². The molecule has 0 saturated heterocycles. The molecule has 0 atom stereocenters. The third kappa shape index (κ3) is 4.62. The molecule has 10 nitrogen and oxygen atoms in total. The molecule has 0 radical (unpaired) electrons. The summed E-state index contributed by atoms with van der Waals surface area (Å²) in [5.74, 6) is -1.57. The minimum atomic E-state index is -1.51. The van der Waals surface area contributed by atoms with E-state index in [9.17, 15) is 19.8 Å². The average molecular weight is 395 g/mol. The number of ketones is 1. The van der Waals surface area contributed by atoms with Gasteiger partial charge in [0, 0.05) is 37.2 Å². The Morgan fingerprint density at radius 3 is 2.74 bits per heavy atom. The van der Waals surface area contributed by atoms with Crippen LogP contribution in [0.1, 0.15) is 33.0 Å². The van der Waals surface area contributed by atoms with E-state index in [2.05, 4.69) is 15.1 Å². The molecule has 0 aliphatic carbocycles. The molecule has 3 N–H and O–H groups in total. The normalized spacial score (nSPS) is 10.4. The first-order chi connectivity index (χ1) is 12.4. The number of carboxylic acid groups (broad SMARTS) is 1. The van der Waals surface area contributed by atoms with Crippen molar-refractivity contribution in [2.75, 3.05) is 5.73 Å². The molecule has 134 valence electrons. The van der Waals surface area contributed by atoms with Gasteiger partial charge in [0.2, 0.25) is 11.7 Å². The zero-order valence-corrected chi connectivity index (χ0v) is 17.8. The summed E-state index contributed by atoms with van der Waals surface area (Å²) >= 11 is 0. The zero-order valence-electron chi connectivity index (χ0n) is 14.7. The summed E-state index contributed by atoms with van der Waals surface area (Å²) in [6.07, 6.45) is 2.66. The number of pyridine rings is 1.